The van der Waals surface area contributed by atoms with Crippen molar-refractivity contribution in [1.82, 2.24) is 0 Å². The van der Waals surface area contributed by atoms with Crippen LogP contribution in [0.15, 0.2) is 0 Å². The zero-order valence-corrected chi connectivity index (χ0v) is 15.5. The summed E-state index contributed by atoms with van der Waals surface area (Å²) in [6.07, 6.45) is -9.58. The molecule has 0 radical (unpaired) electrons. The summed E-state index contributed by atoms with van der Waals surface area (Å²) in [5, 5.41) is 29.7. The molecule has 3 saturated heterocycles. The van der Waals surface area contributed by atoms with E-state index >= 15 is 0 Å². The van der Waals surface area contributed by atoms with Crippen molar-refractivity contribution in [3.05, 3.63) is 0 Å². The van der Waals surface area contributed by atoms with Gasteiger partial charge in [-0.25, -0.2) is 4.18 Å². The van der Waals surface area contributed by atoms with Crippen molar-refractivity contribution < 1.29 is 56.2 Å². The standard InChI is InChI=1S/C14H24O12S/c1-5-8(16)6(3-15)23-13(9(5)17)25-10-7-4-22-11(10)12(14(21-2)24-7)26-27(18,19)20/h5-17H,3-4H2,1-2H3,(H,18,19,20)/t5-,6?,7?,8+,9?,10-,11?,12-,13-,14-/m0/s1. The first-order valence-corrected chi connectivity index (χ1v) is 9.76. The van der Waals surface area contributed by atoms with Crippen LogP contribution in [0.2, 0.25) is 0 Å². The molecular formula is C14H24O12S. The van der Waals surface area contributed by atoms with Crippen LogP contribution >= 0.6 is 0 Å². The Hall–Kier alpha value is -0.450. The van der Waals surface area contributed by atoms with Gasteiger partial charge < -0.3 is 39.0 Å². The summed E-state index contributed by atoms with van der Waals surface area (Å²) in [5.74, 6) is -0.652. The molecule has 12 nitrogen and oxygen atoms in total. The molecule has 4 unspecified atom stereocenters. The number of aliphatic hydroxyl groups is 3. The van der Waals surface area contributed by atoms with E-state index in [4.69, 9.17) is 28.2 Å². The van der Waals surface area contributed by atoms with Crippen molar-refractivity contribution in [3.8, 4) is 0 Å². The first-order valence-electron chi connectivity index (χ1n) is 8.39. The Balaban J connectivity index is 1.76. The summed E-state index contributed by atoms with van der Waals surface area (Å²) in [4.78, 5) is 0. The molecule has 158 valence electrons. The molecule has 0 amide bonds. The van der Waals surface area contributed by atoms with Gasteiger partial charge in [0.2, 0.25) is 0 Å². The van der Waals surface area contributed by atoms with Gasteiger partial charge in [-0.1, -0.05) is 6.92 Å². The molecule has 3 aliphatic rings. The summed E-state index contributed by atoms with van der Waals surface area (Å²) in [5.41, 5.74) is 0. The monoisotopic (exact) mass is 416 g/mol. The molecule has 13 heteroatoms. The average Bonchev–Trinajstić information content (AvgIpc) is 2.90. The number of ether oxygens (including phenoxy) is 5. The van der Waals surface area contributed by atoms with Gasteiger partial charge in [0.1, 0.15) is 30.5 Å². The van der Waals surface area contributed by atoms with Crippen LogP contribution in [-0.2, 0) is 38.3 Å². The SMILES string of the molecule is CO[C@H]1OC2COC([C@H]2O[C@@H]2OC(CO)[C@H](O)[C@H](C)C2O)[C@@H]1OS(=O)(=O)O. The molecule has 3 heterocycles. The zero-order valence-electron chi connectivity index (χ0n) is 14.7. The Labute approximate surface area is 155 Å². The predicted molar refractivity (Wildman–Crippen MR) is 83.6 cm³/mol. The van der Waals surface area contributed by atoms with Crippen LogP contribution in [0.1, 0.15) is 6.92 Å². The lowest BCUT2D eigenvalue weighted by molar-refractivity contribution is -0.329. The predicted octanol–water partition coefficient (Wildman–Crippen LogP) is -2.60. The molecule has 4 N–H and O–H groups in total. The third kappa shape index (κ3) is 4.28. The number of aliphatic hydroxyl groups excluding tert-OH is 3. The summed E-state index contributed by atoms with van der Waals surface area (Å²) < 4.78 is 63.2. The van der Waals surface area contributed by atoms with E-state index < -0.39 is 78.2 Å². The Morgan fingerprint density at radius 3 is 2.41 bits per heavy atom. The Morgan fingerprint density at radius 1 is 1.11 bits per heavy atom. The normalized spacial score (nSPS) is 47.9. The summed E-state index contributed by atoms with van der Waals surface area (Å²) in [7, 11) is -3.56. The van der Waals surface area contributed by atoms with E-state index in [0.717, 1.165) is 0 Å². The van der Waals surface area contributed by atoms with Gasteiger partial charge >= 0.3 is 10.4 Å². The topological polar surface area (TPSA) is 170 Å². The van der Waals surface area contributed by atoms with Crippen molar-refractivity contribution in [3.63, 3.8) is 0 Å². The Bertz CT molecular complexity index is 611. The highest BCUT2D eigenvalue weighted by atomic mass is 32.3. The maximum atomic E-state index is 11.2. The lowest BCUT2D eigenvalue weighted by Crippen LogP contribution is -2.60. The Kier molecular flexibility index (Phi) is 6.39. The van der Waals surface area contributed by atoms with E-state index in [0.29, 0.717) is 0 Å². The highest BCUT2D eigenvalue weighted by Crippen LogP contribution is 2.37. The van der Waals surface area contributed by atoms with E-state index in [1.807, 2.05) is 0 Å². The minimum Gasteiger partial charge on any atom is -0.394 e. The van der Waals surface area contributed by atoms with Crippen LogP contribution in [0, 0.1) is 5.92 Å². The van der Waals surface area contributed by atoms with Crippen LogP contribution in [0.3, 0.4) is 0 Å². The van der Waals surface area contributed by atoms with Crippen LogP contribution in [-0.4, -0.2) is 104 Å². The molecule has 0 aliphatic carbocycles. The second-order valence-corrected chi connectivity index (χ2v) is 7.78. The van der Waals surface area contributed by atoms with Gasteiger partial charge in [-0.2, -0.15) is 8.42 Å². The second kappa shape index (κ2) is 8.12. The third-order valence-electron chi connectivity index (χ3n) is 5.03. The van der Waals surface area contributed by atoms with Gasteiger partial charge in [-0.3, -0.25) is 4.55 Å². The fourth-order valence-electron chi connectivity index (χ4n) is 3.55. The lowest BCUT2D eigenvalue weighted by Gasteiger charge is -2.44. The zero-order chi connectivity index (χ0) is 19.9. The van der Waals surface area contributed by atoms with Gasteiger partial charge in [0, 0.05) is 13.0 Å². The van der Waals surface area contributed by atoms with Gasteiger partial charge in [0.15, 0.2) is 18.7 Å². The van der Waals surface area contributed by atoms with Crippen LogP contribution in [0.25, 0.3) is 0 Å². The average molecular weight is 416 g/mol. The number of hydrogen-bond donors (Lipinski definition) is 4. The lowest BCUT2D eigenvalue weighted by atomic mass is 9.90. The maximum Gasteiger partial charge on any atom is 0.397 e. The molecule has 3 aliphatic heterocycles. The van der Waals surface area contributed by atoms with E-state index in [-0.39, 0.29) is 6.61 Å². The van der Waals surface area contributed by atoms with Crippen molar-refractivity contribution >= 4 is 10.4 Å². The largest absolute Gasteiger partial charge is 0.397 e. The number of hydrogen-bond acceptors (Lipinski definition) is 11. The van der Waals surface area contributed by atoms with E-state index in [9.17, 15) is 23.7 Å². The quantitative estimate of drug-likeness (QED) is 0.334. The number of fused-ring (bicyclic) bond motifs is 2. The van der Waals surface area contributed by atoms with Gasteiger partial charge in [0.05, 0.1) is 19.3 Å². The first-order chi connectivity index (χ1) is 12.7. The third-order valence-corrected chi connectivity index (χ3v) is 5.49. The number of methoxy groups -OCH3 is 1. The van der Waals surface area contributed by atoms with Crippen LogP contribution < -0.4 is 0 Å². The number of rotatable bonds is 6. The second-order valence-electron chi connectivity index (χ2n) is 6.73. The van der Waals surface area contributed by atoms with Gasteiger partial charge in [-0.15, -0.1) is 0 Å². The van der Waals surface area contributed by atoms with Crippen molar-refractivity contribution in [2.75, 3.05) is 20.3 Å². The fourth-order valence-corrected chi connectivity index (χ4v) is 4.03. The van der Waals surface area contributed by atoms with E-state index in [2.05, 4.69) is 4.18 Å². The van der Waals surface area contributed by atoms with Crippen molar-refractivity contribution in [2.24, 2.45) is 5.92 Å². The van der Waals surface area contributed by atoms with Crippen LogP contribution in [0.4, 0.5) is 0 Å². The van der Waals surface area contributed by atoms with E-state index in [1.54, 1.807) is 6.92 Å². The van der Waals surface area contributed by atoms with Gasteiger partial charge in [0.25, 0.3) is 0 Å². The summed E-state index contributed by atoms with van der Waals surface area (Å²) in [6.45, 7) is 1.12. The smallest absolute Gasteiger partial charge is 0.394 e. The minimum atomic E-state index is -4.83. The molecule has 0 spiro atoms. The molecule has 3 fully saturated rings. The molecular weight excluding hydrogens is 392 g/mol. The molecule has 0 aromatic carbocycles. The molecule has 2 bridgehead atoms. The molecule has 3 rings (SSSR count). The van der Waals surface area contributed by atoms with Crippen molar-refractivity contribution in [2.45, 2.75) is 62.2 Å². The molecule has 0 aromatic rings. The Morgan fingerprint density at radius 2 is 1.81 bits per heavy atom. The molecule has 0 saturated carbocycles. The highest BCUT2D eigenvalue weighted by Gasteiger charge is 2.56. The van der Waals surface area contributed by atoms with Crippen LogP contribution in [0.5, 0.6) is 0 Å². The fraction of sp³-hybridized carbons (Fsp3) is 1.00. The summed E-state index contributed by atoms with van der Waals surface area (Å²) >= 11 is 0. The van der Waals surface area contributed by atoms with Gasteiger partial charge in [-0.05, 0) is 0 Å². The summed E-state index contributed by atoms with van der Waals surface area (Å²) in [6, 6.07) is 0. The molecule has 0 aromatic heterocycles. The molecule has 27 heavy (non-hydrogen) atoms. The maximum absolute atomic E-state index is 11.2. The minimum absolute atomic E-state index is 0.0327. The molecule has 10 atom stereocenters. The highest BCUT2D eigenvalue weighted by molar-refractivity contribution is 7.80. The first kappa shape index (κ1) is 21.3. The van der Waals surface area contributed by atoms with Crippen molar-refractivity contribution in [1.29, 1.82) is 0 Å². The van der Waals surface area contributed by atoms with E-state index in [1.165, 1.54) is 7.11 Å².